The second-order valence-electron chi connectivity index (χ2n) is 5.31. The van der Waals surface area contributed by atoms with Crippen molar-refractivity contribution in [3.05, 3.63) is 75.8 Å². The van der Waals surface area contributed by atoms with E-state index in [-0.39, 0.29) is 16.4 Å². The largest absolute Gasteiger partial charge is 0.497 e. The Morgan fingerprint density at radius 1 is 1.14 bits per heavy atom. The molecule has 144 valence electrons. The first-order valence-electron chi connectivity index (χ1n) is 7.87. The van der Waals surface area contributed by atoms with Crippen LogP contribution in [0.4, 0.5) is 5.69 Å². The van der Waals surface area contributed by atoms with Gasteiger partial charge in [0.05, 0.1) is 12.0 Å². The van der Waals surface area contributed by atoms with Gasteiger partial charge in [0.1, 0.15) is 5.75 Å². The van der Waals surface area contributed by atoms with Crippen molar-refractivity contribution in [2.75, 3.05) is 7.11 Å². The van der Waals surface area contributed by atoms with Crippen molar-refractivity contribution in [1.29, 1.82) is 0 Å². The van der Waals surface area contributed by atoms with Crippen molar-refractivity contribution in [2.24, 2.45) is 0 Å². The SMILES string of the molecule is COc1ccc(C=CC(=O)NC(=S)NNC(=O)c2cccc([N+](=O)[O-])c2)cc1. The molecular formula is C18H16N4O5S. The van der Waals surface area contributed by atoms with Crippen molar-refractivity contribution >= 4 is 40.9 Å². The Morgan fingerprint density at radius 3 is 2.50 bits per heavy atom. The minimum atomic E-state index is -0.644. The normalized spacial score (nSPS) is 10.2. The number of amides is 2. The number of hydrogen-bond donors (Lipinski definition) is 3. The lowest BCUT2D eigenvalue weighted by atomic mass is 10.2. The first kappa shape index (κ1) is 20.5. The third-order valence-electron chi connectivity index (χ3n) is 3.39. The standard InChI is InChI=1S/C18H16N4O5S/c1-27-15-8-5-12(6-9-15)7-10-16(23)19-18(28)21-20-17(24)13-3-2-4-14(11-13)22(25)26/h2-11H,1H3,(H,20,24)(H2,19,21,23,28). The molecule has 9 nitrogen and oxygen atoms in total. The molecule has 0 saturated carbocycles. The van der Waals surface area contributed by atoms with Gasteiger partial charge in [-0.05, 0) is 42.1 Å². The van der Waals surface area contributed by atoms with E-state index in [9.17, 15) is 19.7 Å². The predicted molar refractivity (Wildman–Crippen MR) is 106 cm³/mol. The number of ether oxygens (including phenoxy) is 1. The van der Waals surface area contributed by atoms with Crippen LogP contribution < -0.4 is 20.9 Å². The van der Waals surface area contributed by atoms with Crippen molar-refractivity contribution in [1.82, 2.24) is 16.2 Å². The molecule has 0 heterocycles. The zero-order valence-corrected chi connectivity index (χ0v) is 15.5. The molecule has 10 heteroatoms. The monoisotopic (exact) mass is 400 g/mol. The van der Waals surface area contributed by atoms with Gasteiger partial charge in [-0.15, -0.1) is 0 Å². The number of hydrazine groups is 1. The van der Waals surface area contributed by atoms with Crippen LogP contribution in [0, 0.1) is 10.1 Å². The van der Waals surface area contributed by atoms with Crippen LogP contribution >= 0.6 is 12.2 Å². The molecule has 2 aromatic carbocycles. The summed E-state index contributed by atoms with van der Waals surface area (Å²) in [7, 11) is 1.56. The number of nitrogens with zero attached hydrogens (tertiary/aromatic N) is 1. The highest BCUT2D eigenvalue weighted by molar-refractivity contribution is 7.80. The smallest absolute Gasteiger partial charge is 0.270 e. The Morgan fingerprint density at radius 2 is 1.86 bits per heavy atom. The van der Waals surface area contributed by atoms with Gasteiger partial charge in [-0.3, -0.25) is 35.9 Å². The van der Waals surface area contributed by atoms with Crippen molar-refractivity contribution in [3.8, 4) is 5.75 Å². The first-order chi connectivity index (χ1) is 13.4. The molecule has 0 spiro atoms. The minimum absolute atomic E-state index is 0.0650. The van der Waals surface area contributed by atoms with Crippen LogP contribution in [-0.4, -0.2) is 29.0 Å². The van der Waals surface area contributed by atoms with Gasteiger partial charge in [0.2, 0.25) is 5.91 Å². The molecular weight excluding hydrogens is 384 g/mol. The topological polar surface area (TPSA) is 123 Å². The summed E-state index contributed by atoms with van der Waals surface area (Å²) in [5.74, 6) is -0.446. The highest BCUT2D eigenvalue weighted by Gasteiger charge is 2.11. The number of hydrogen-bond acceptors (Lipinski definition) is 6. The number of nitro benzene ring substituents is 1. The molecule has 0 saturated heterocycles. The molecule has 28 heavy (non-hydrogen) atoms. The molecule has 0 atom stereocenters. The highest BCUT2D eigenvalue weighted by Crippen LogP contribution is 2.13. The summed E-state index contributed by atoms with van der Waals surface area (Å²) in [5.41, 5.74) is 5.24. The van der Waals surface area contributed by atoms with Crippen LogP contribution in [0.2, 0.25) is 0 Å². The number of carbonyl (C=O) groups is 2. The molecule has 2 aromatic rings. The lowest BCUT2D eigenvalue weighted by molar-refractivity contribution is -0.384. The fraction of sp³-hybridized carbons (Fsp3) is 0.0556. The number of rotatable bonds is 5. The molecule has 0 bridgehead atoms. The summed E-state index contributed by atoms with van der Waals surface area (Å²) in [5, 5.41) is 13.0. The summed E-state index contributed by atoms with van der Waals surface area (Å²) in [6.07, 6.45) is 2.86. The van der Waals surface area contributed by atoms with Gasteiger partial charge in [0.25, 0.3) is 11.6 Å². The number of nitro groups is 1. The van der Waals surface area contributed by atoms with Gasteiger partial charge in [-0.2, -0.15) is 0 Å². The second-order valence-corrected chi connectivity index (χ2v) is 5.72. The van der Waals surface area contributed by atoms with Crippen LogP contribution in [0.15, 0.2) is 54.6 Å². The average molecular weight is 400 g/mol. The summed E-state index contributed by atoms with van der Waals surface area (Å²) >= 11 is 4.91. The van der Waals surface area contributed by atoms with Crippen molar-refractivity contribution in [3.63, 3.8) is 0 Å². The second kappa shape index (κ2) is 9.78. The Labute approximate surface area is 165 Å². The quantitative estimate of drug-likeness (QED) is 0.303. The molecule has 0 aliphatic heterocycles. The number of thiocarbonyl (C=S) groups is 1. The summed E-state index contributed by atoms with van der Waals surface area (Å²) < 4.78 is 5.05. The zero-order chi connectivity index (χ0) is 20.5. The molecule has 0 radical (unpaired) electrons. The van der Waals surface area contributed by atoms with Gasteiger partial charge >= 0.3 is 0 Å². The Balaban J connectivity index is 1.83. The van der Waals surface area contributed by atoms with Crippen LogP contribution in [0.1, 0.15) is 15.9 Å². The number of non-ortho nitro benzene ring substituents is 1. The molecule has 3 N–H and O–H groups in total. The number of carbonyl (C=O) groups excluding carboxylic acids is 2. The Kier molecular flexibility index (Phi) is 7.17. The van der Waals surface area contributed by atoms with E-state index in [1.165, 1.54) is 24.3 Å². The van der Waals surface area contributed by atoms with E-state index >= 15 is 0 Å². The maximum atomic E-state index is 12.0. The van der Waals surface area contributed by atoms with Crippen LogP contribution in [-0.2, 0) is 4.79 Å². The van der Waals surface area contributed by atoms with E-state index < -0.39 is 16.7 Å². The van der Waals surface area contributed by atoms with E-state index in [4.69, 9.17) is 17.0 Å². The van der Waals surface area contributed by atoms with E-state index in [0.29, 0.717) is 5.75 Å². The van der Waals surface area contributed by atoms with E-state index in [2.05, 4.69) is 16.2 Å². The molecule has 0 aliphatic carbocycles. The Hall–Kier alpha value is -3.79. The van der Waals surface area contributed by atoms with E-state index in [0.717, 1.165) is 11.6 Å². The van der Waals surface area contributed by atoms with Crippen molar-refractivity contribution < 1.29 is 19.2 Å². The third-order valence-corrected chi connectivity index (χ3v) is 3.59. The minimum Gasteiger partial charge on any atom is -0.497 e. The summed E-state index contributed by atoms with van der Waals surface area (Å²) in [6.45, 7) is 0. The van der Waals surface area contributed by atoms with Gasteiger partial charge in [-0.25, -0.2) is 0 Å². The lowest BCUT2D eigenvalue weighted by Gasteiger charge is -2.09. The summed E-state index contributed by atoms with van der Waals surface area (Å²) in [6, 6.07) is 12.2. The number of nitrogens with one attached hydrogen (secondary N) is 3. The predicted octanol–water partition coefficient (Wildman–Crippen LogP) is 1.95. The number of benzene rings is 2. The Bertz CT molecular complexity index is 928. The maximum absolute atomic E-state index is 12.0. The van der Waals surface area contributed by atoms with Gasteiger partial charge < -0.3 is 4.74 Å². The van der Waals surface area contributed by atoms with Gasteiger partial charge in [0, 0.05) is 23.8 Å². The van der Waals surface area contributed by atoms with Gasteiger partial charge in [-0.1, -0.05) is 18.2 Å². The molecule has 2 rings (SSSR count). The third kappa shape index (κ3) is 6.18. The van der Waals surface area contributed by atoms with E-state index in [1.807, 2.05) is 0 Å². The number of methoxy groups -OCH3 is 1. The van der Waals surface area contributed by atoms with Crippen LogP contribution in [0.5, 0.6) is 5.75 Å². The van der Waals surface area contributed by atoms with Crippen molar-refractivity contribution in [2.45, 2.75) is 0 Å². The molecule has 0 fully saturated rings. The highest BCUT2D eigenvalue weighted by atomic mass is 32.1. The lowest BCUT2D eigenvalue weighted by Crippen LogP contribution is -2.48. The molecule has 0 unspecified atom stereocenters. The average Bonchev–Trinajstić information content (AvgIpc) is 2.71. The van der Waals surface area contributed by atoms with Crippen LogP contribution in [0.3, 0.4) is 0 Å². The maximum Gasteiger partial charge on any atom is 0.270 e. The van der Waals surface area contributed by atoms with Gasteiger partial charge in [0.15, 0.2) is 5.11 Å². The summed E-state index contributed by atoms with van der Waals surface area (Å²) in [4.78, 5) is 34.0. The molecule has 2 amide bonds. The molecule has 0 aromatic heterocycles. The molecule has 0 aliphatic rings. The fourth-order valence-electron chi connectivity index (χ4n) is 2.02. The van der Waals surface area contributed by atoms with E-state index in [1.54, 1.807) is 37.5 Å². The first-order valence-corrected chi connectivity index (χ1v) is 8.28. The zero-order valence-electron chi connectivity index (χ0n) is 14.7. The van der Waals surface area contributed by atoms with Crippen LogP contribution in [0.25, 0.3) is 6.08 Å². The fourth-order valence-corrected chi connectivity index (χ4v) is 2.17.